The Morgan fingerprint density at radius 3 is 2.55 bits per heavy atom. The molecule has 146 valence electrons. The first-order valence-corrected chi connectivity index (χ1v) is 9.65. The van der Waals surface area contributed by atoms with Gasteiger partial charge in [-0.1, -0.05) is 30.8 Å². The summed E-state index contributed by atoms with van der Waals surface area (Å²) in [4.78, 5) is 12.6. The first-order chi connectivity index (χ1) is 14.1. The molecule has 1 aliphatic carbocycles. The number of carbonyl (C=O) groups excluding carboxylic acids is 1. The van der Waals surface area contributed by atoms with Crippen molar-refractivity contribution in [2.75, 3.05) is 0 Å². The lowest BCUT2D eigenvalue weighted by molar-refractivity contribution is -0.116. The van der Waals surface area contributed by atoms with Crippen LogP contribution < -0.4 is 10.1 Å². The van der Waals surface area contributed by atoms with Crippen molar-refractivity contribution in [3.63, 3.8) is 0 Å². The molecule has 0 radical (unpaired) electrons. The highest BCUT2D eigenvalue weighted by Crippen LogP contribution is 2.43. The Labute approximate surface area is 169 Å². The summed E-state index contributed by atoms with van der Waals surface area (Å²) in [5.41, 5.74) is 4.03. The zero-order chi connectivity index (χ0) is 20.4. The Morgan fingerprint density at radius 1 is 1.14 bits per heavy atom. The summed E-state index contributed by atoms with van der Waals surface area (Å²) in [6, 6.07) is 16.0. The average Bonchev–Trinajstić information content (AvgIpc) is 2.73. The van der Waals surface area contributed by atoms with Crippen molar-refractivity contribution < 1.29 is 13.9 Å². The van der Waals surface area contributed by atoms with Crippen LogP contribution in [0, 0.1) is 23.1 Å². The fraction of sp³-hybridized carbons (Fsp3) is 0.250. The molecule has 0 saturated heterocycles. The third-order valence-corrected chi connectivity index (χ3v) is 5.48. The van der Waals surface area contributed by atoms with E-state index in [1.165, 1.54) is 12.1 Å². The predicted octanol–water partition coefficient (Wildman–Crippen LogP) is 4.75. The van der Waals surface area contributed by atoms with Crippen molar-refractivity contribution in [2.24, 2.45) is 5.92 Å². The van der Waals surface area contributed by atoms with Crippen molar-refractivity contribution in [3.8, 4) is 11.8 Å². The second kappa shape index (κ2) is 7.92. The molecule has 1 heterocycles. The van der Waals surface area contributed by atoms with Gasteiger partial charge in [-0.15, -0.1) is 0 Å². The average molecular weight is 388 g/mol. The number of hydrogen-bond acceptors (Lipinski definition) is 4. The molecule has 1 N–H and O–H groups in total. The summed E-state index contributed by atoms with van der Waals surface area (Å²) in [7, 11) is 0. The minimum atomic E-state index is -0.498. The zero-order valence-corrected chi connectivity index (χ0v) is 16.0. The zero-order valence-electron chi connectivity index (χ0n) is 16.0. The number of nitrogens with one attached hydrogen (secondary N) is 1. The van der Waals surface area contributed by atoms with Crippen molar-refractivity contribution >= 4 is 5.78 Å². The first-order valence-electron chi connectivity index (χ1n) is 9.65. The lowest BCUT2D eigenvalue weighted by Crippen LogP contribution is -2.36. The number of Topliss-reactive ketones (excluding diaryl/α,β-unsaturated/α-hetero) is 1. The number of benzene rings is 2. The summed E-state index contributed by atoms with van der Waals surface area (Å²) < 4.78 is 18.8. The van der Waals surface area contributed by atoms with Gasteiger partial charge in [-0.25, -0.2) is 4.39 Å². The maximum atomic E-state index is 13.0. The van der Waals surface area contributed by atoms with E-state index in [0.29, 0.717) is 24.5 Å². The standard InChI is InChI=1S/C24H21FN2O2/c1-15-20(13-26)23(24-21(27-15)3-2-4-22(24)28)17-7-11-19(12-8-17)29-14-16-5-9-18(25)10-6-16/h5-12,20,23,27H,1-4,14H2. The maximum Gasteiger partial charge on any atom is 0.161 e. The van der Waals surface area contributed by atoms with Crippen LogP contribution in [0.15, 0.2) is 72.1 Å². The van der Waals surface area contributed by atoms with E-state index in [0.717, 1.165) is 35.2 Å². The maximum absolute atomic E-state index is 13.0. The van der Waals surface area contributed by atoms with Crippen LogP contribution in [0.2, 0.25) is 0 Å². The number of nitriles is 1. The number of allylic oxidation sites excluding steroid dienone is 3. The van der Waals surface area contributed by atoms with Gasteiger partial charge in [0.1, 0.15) is 18.2 Å². The van der Waals surface area contributed by atoms with Crippen LogP contribution in [-0.4, -0.2) is 5.78 Å². The van der Waals surface area contributed by atoms with Gasteiger partial charge in [0.15, 0.2) is 5.78 Å². The molecule has 4 nitrogen and oxygen atoms in total. The molecule has 29 heavy (non-hydrogen) atoms. The van der Waals surface area contributed by atoms with E-state index in [9.17, 15) is 14.4 Å². The second-order valence-electron chi connectivity index (χ2n) is 7.39. The summed E-state index contributed by atoms with van der Waals surface area (Å²) in [5, 5.41) is 12.9. The third kappa shape index (κ3) is 3.79. The number of carbonyl (C=O) groups is 1. The summed E-state index contributed by atoms with van der Waals surface area (Å²) in [6.45, 7) is 4.35. The highest BCUT2D eigenvalue weighted by Gasteiger charge is 2.39. The molecule has 0 aromatic heterocycles. The van der Waals surface area contributed by atoms with Crippen molar-refractivity contribution in [3.05, 3.63) is 89.0 Å². The van der Waals surface area contributed by atoms with E-state index < -0.39 is 5.92 Å². The van der Waals surface area contributed by atoms with E-state index in [-0.39, 0.29) is 17.5 Å². The van der Waals surface area contributed by atoms with E-state index in [1.807, 2.05) is 24.3 Å². The normalized spacial score (nSPS) is 21.2. The molecule has 4 rings (SSSR count). The third-order valence-electron chi connectivity index (χ3n) is 5.48. The van der Waals surface area contributed by atoms with Crippen molar-refractivity contribution in [2.45, 2.75) is 31.8 Å². The van der Waals surface area contributed by atoms with Crippen LogP contribution >= 0.6 is 0 Å². The van der Waals surface area contributed by atoms with Gasteiger partial charge in [-0.2, -0.15) is 5.26 Å². The molecule has 2 aromatic rings. The van der Waals surface area contributed by atoms with E-state index in [1.54, 1.807) is 12.1 Å². The lowest BCUT2D eigenvalue weighted by Gasteiger charge is -2.36. The fourth-order valence-corrected chi connectivity index (χ4v) is 4.02. The van der Waals surface area contributed by atoms with E-state index in [2.05, 4.69) is 18.0 Å². The van der Waals surface area contributed by atoms with Gasteiger partial charge < -0.3 is 10.1 Å². The number of hydrogen-bond donors (Lipinski definition) is 1. The highest BCUT2D eigenvalue weighted by molar-refractivity contribution is 5.99. The number of ketones is 1. The van der Waals surface area contributed by atoms with Gasteiger partial charge in [0.25, 0.3) is 0 Å². The number of rotatable bonds is 4. The van der Waals surface area contributed by atoms with Gasteiger partial charge in [0, 0.05) is 29.3 Å². The molecule has 0 fully saturated rings. The van der Waals surface area contributed by atoms with Gasteiger partial charge in [-0.05, 0) is 48.2 Å². The molecule has 1 aliphatic heterocycles. The van der Waals surface area contributed by atoms with Crippen LogP contribution in [0.25, 0.3) is 0 Å². The van der Waals surface area contributed by atoms with Crippen molar-refractivity contribution in [1.29, 1.82) is 5.26 Å². The molecule has 2 aromatic carbocycles. The summed E-state index contributed by atoms with van der Waals surface area (Å²) >= 11 is 0. The summed E-state index contributed by atoms with van der Waals surface area (Å²) in [5.74, 6) is -0.319. The van der Waals surface area contributed by atoms with Crippen LogP contribution in [0.3, 0.4) is 0 Å². The molecule has 0 spiro atoms. The van der Waals surface area contributed by atoms with Crippen LogP contribution in [-0.2, 0) is 11.4 Å². The number of ether oxygens (including phenoxy) is 1. The highest BCUT2D eigenvalue weighted by atomic mass is 19.1. The molecule has 0 saturated carbocycles. The number of halogens is 1. The van der Waals surface area contributed by atoms with Gasteiger partial charge in [0.2, 0.25) is 0 Å². The summed E-state index contributed by atoms with van der Waals surface area (Å²) in [6.07, 6.45) is 2.13. The smallest absolute Gasteiger partial charge is 0.161 e. The fourth-order valence-electron chi connectivity index (χ4n) is 4.02. The predicted molar refractivity (Wildman–Crippen MR) is 107 cm³/mol. The molecular weight excluding hydrogens is 367 g/mol. The second-order valence-corrected chi connectivity index (χ2v) is 7.39. The Hall–Kier alpha value is -3.39. The Kier molecular flexibility index (Phi) is 5.18. The van der Waals surface area contributed by atoms with E-state index in [4.69, 9.17) is 4.74 Å². The SMILES string of the molecule is C=C1NC2=C(C(=O)CCC2)C(c2ccc(OCc3ccc(F)cc3)cc2)C1C#N. The number of nitrogens with zero attached hydrogens (tertiary/aromatic N) is 1. The quantitative estimate of drug-likeness (QED) is 0.821. The minimum Gasteiger partial charge on any atom is -0.489 e. The molecule has 2 unspecified atom stereocenters. The molecule has 0 amide bonds. The van der Waals surface area contributed by atoms with Crippen molar-refractivity contribution in [1.82, 2.24) is 5.32 Å². The minimum absolute atomic E-state index is 0.105. The Balaban J connectivity index is 1.57. The van der Waals surface area contributed by atoms with Gasteiger partial charge in [0.05, 0.1) is 12.0 Å². The molecule has 2 aliphatic rings. The van der Waals surface area contributed by atoms with Gasteiger partial charge in [-0.3, -0.25) is 4.79 Å². The van der Waals surface area contributed by atoms with Crippen LogP contribution in [0.4, 0.5) is 4.39 Å². The molecule has 5 heteroatoms. The van der Waals surface area contributed by atoms with Gasteiger partial charge >= 0.3 is 0 Å². The Morgan fingerprint density at radius 2 is 1.86 bits per heavy atom. The van der Waals surface area contributed by atoms with Crippen LogP contribution in [0.5, 0.6) is 5.75 Å². The molecule has 0 bridgehead atoms. The monoisotopic (exact) mass is 388 g/mol. The first kappa shape index (κ1) is 18.9. The van der Waals surface area contributed by atoms with E-state index >= 15 is 0 Å². The topological polar surface area (TPSA) is 62.1 Å². The van der Waals surface area contributed by atoms with Crippen LogP contribution in [0.1, 0.15) is 36.3 Å². The molecular formula is C24H21FN2O2. The largest absolute Gasteiger partial charge is 0.489 e. The Bertz CT molecular complexity index is 1020. The molecule has 2 atom stereocenters. The lowest BCUT2D eigenvalue weighted by atomic mass is 9.72.